The maximum atomic E-state index is 13.7. The predicted octanol–water partition coefficient (Wildman–Crippen LogP) is 4.31. The number of amides is 2. The molecular formula is C29H30FN3O5. The van der Waals surface area contributed by atoms with Crippen molar-refractivity contribution in [3.05, 3.63) is 95.3 Å². The van der Waals surface area contributed by atoms with Gasteiger partial charge in [-0.15, -0.1) is 0 Å². The second-order valence-electron chi connectivity index (χ2n) is 8.70. The van der Waals surface area contributed by atoms with Gasteiger partial charge in [-0.25, -0.2) is 9.40 Å². The van der Waals surface area contributed by atoms with Gasteiger partial charge in [-0.3, -0.25) is 9.59 Å². The van der Waals surface area contributed by atoms with Crippen molar-refractivity contribution in [1.82, 2.24) is 9.91 Å². The van der Waals surface area contributed by atoms with Crippen molar-refractivity contribution >= 4 is 17.5 Å². The lowest BCUT2D eigenvalue weighted by Crippen LogP contribution is -2.42. The molecule has 198 valence electrons. The van der Waals surface area contributed by atoms with Crippen molar-refractivity contribution in [3.8, 4) is 11.5 Å². The molecule has 0 saturated heterocycles. The van der Waals surface area contributed by atoms with E-state index in [-0.39, 0.29) is 37.3 Å². The maximum absolute atomic E-state index is 13.7. The summed E-state index contributed by atoms with van der Waals surface area (Å²) in [7, 11) is 4.66. The van der Waals surface area contributed by atoms with Gasteiger partial charge in [0.25, 0.3) is 11.8 Å². The molecule has 1 heterocycles. The van der Waals surface area contributed by atoms with Crippen LogP contribution in [0.1, 0.15) is 33.9 Å². The van der Waals surface area contributed by atoms with E-state index in [1.54, 1.807) is 50.6 Å². The number of hydrogen-bond donors (Lipinski definition) is 0. The van der Waals surface area contributed by atoms with Gasteiger partial charge < -0.3 is 19.1 Å². The number of hydrogen-bond acceptors (Lipinski definition) is 6. The molecule has 4 rings (SSSR count). The van der Waals surface area contributed by atoms with Crippen LogP contribution < -0.4 is 9.47 Å². The Kier molecular flexibility index (Phi) is 8.70. The van der Waals surface area contributed by atoms with Crippen molar-refractivity contribution in [1.29, 1.82) is 0 Å². The third-order valence-corrected chi connectivity index (χ3v) is 6.36. The largest absolute Gasteiger partial charge is 0.497 e. The Morgan fingerprint density at radius 2 is 1.68 bits per heavy atom. The van der Waals surface area contributed by atoms with E-state index >= 15 is 0 Å². The number of methoxy groups -OCH3 is 3. The average molecular weight is 520 g/mol. The molecular weight excluding hydrogens is 489 g/mol. The SMILES string of the molecule is COCCN(CC(=O)N1N=C(c2ccc(F)cc2)C[C@H]1c1ccccc1OC)C(=O)c1ccc(OC)cc1. The summed E-state index contributed by atoms with van der Waals surface area (Å²) in [6.07, 6.45) is 0.405. The van der Waals surface area contributed by atoms with E-state index in [1.807, 2.05) is 24.3 Å². The van der Waals surface area contributed by atoms with Gasteiger partial charge in [-0.1, -0.05) is 30.3 Å². The summed E-state index contributed by atoms with van der Waals surface area (Å²) in [6, 6.07) is 19.7. The van der Waals surface area contributed by atoms with Crippen LogP contribution in [0.5, 0.6) is 11.5 Å². The molecule has 0 aliphatic carbocycles. The van der Waals surface area contributed by atoms with Crippen LogP contribution in [-0.2, 0) is 9.53 Å². The molecule has 0 saturated carbocycles. The van der Waals surface area contributed by atoms with Gasteiger partial charge >= 0.3 is 0 Å². The highest BCUT2D eigenvalue weighted by Gasteiger charge is 2.36. The summed E-state index contributed by atoms with van der Waals surface area (Å²) < 4.78 is 29.5. The zero-order chi connectivity index (χ0) is 27.1. The number of nitrogens with zero attached hydrogens (tertiary/aromatic N) is 3. The van der Waals surface area contributed by atoms with Gasteiger partial charge in [0, 0.05) is 31.2 Å². The second-order valence-corrected chi connectivity index (χ2v) is 8.70. The van der Waals surface area contributed by atoms with Crippen LogP contribution >= 0.6 is 0 Å². The van der Waals surface area contributed by atoms with Crippen molar-refractivity contribution in [2.75, 3.05) is 41.0 Å². The van der Waals surface area contributed by atoms with E-state index in [0.29, 0.717) is 34.8 Å². The highest BCUT2D eigenvalue weighted by molar-refractivity contribution is 6.03. The zero-order valence-electron chi connectivity index (χ0n) is 21.6. The van der Waals surface area contributed by atoms with Crippen LogP contribution in [0.3, 0.4) is 0 Å². The minimum atomic E-state index is -0.459. The number of carbonyl (C=O) groups excluding carboxylic acids is 2. The summed E-state index contributed by atoms with van der Waals surface area (Å²) >= 11 is 0. The first-order valence-corrected chi connectivity index (χ1v) is 12.2. The van der Waals surface area contributed by atoms with Crippen molar-refractivity contribution in [3.63, 3.8) is 0 Å². The van der Waals surface area contributed by atoms with E-state index in [0.717, 1.165) is 5.56 Å². The number of ether oxygens (including phenoxy) is 3. The Hall–Kier alpha value is -4.24. The smallest absolute Gasteiger partial charge is 0.262 e. The number of halogens is 1. The number of carbonyl (C=O) groups is 2. The van der Waals surface area contributed by atoms with Crippen molar-refractivity contribution in [2.24, 2.45) is 5.10 Å². The highest BCUT2D eigenvalue weighted by Crippen LogP contribution is 2.37. The molecule has 1 aliphatic heterocycles. The molecule has 0 fully saturated rings. The number of para-hydroxylation sites is 1. The van der Waals surface area contributed by atoms with Gasteiger partial charge in [0.15, 0.2) is 0 Å². The van der Waals surface area contributed by atoms with Gasteiger partial charge in [0.2, 0.25) is 0 Å². The van der Waals surface area contributed by atoms with Crippen LogP contribution in [0.4, 0.5) is 4.39 Å². The monoisotopic (exact) mass is 519 g/mol. The van der Waals surface area contributed by atoms with Crippen LogP contribution in [0.2, 0.25) is 0 Å². The summed E-state index contributed by atoms with van der Waals surface area (Å²) in [6.45, 7) is 0.268. The molecule has 8 nitrogen and oxygen atoms in total. The molecule has 2 amide bonds. The zero-order valence-corrected chi connectivity index (χ0v) is 21.6. The molecule has 0 bridgehead atoms. The van der Waals surface area contributed by atoms with E-state index in [2.05, 4.69) is 5.10 Å². The van der Waals surface area contributed by atoms with Crippen LogP contribution in [0.25, 0.3) is 0 Å². The highest BCUT2D eigenvalue weighted by atomic mass is 19.1. The second kappa shape index (κ2) is 12.3. The van der Waals surface area contributed by atoms with Crippen LogP contribution in [0, 0.1) is 5.82 Å². The molecule has 1 aliphatic rings. The molecule has 0 spiro atoms. The molecule has 3 aromatic rings. The predicted molar refractivity (Wildman–Crippen MR) is 141 cm³/mol. The first kappa shape index (κ1) is 26.8. The number of rotatable bonds is 10. The third-order valence-electron chi connectivity index (χ3n) is 6.36. The fourth-order valence-corrected chi connectivity index (χ4v) is 4.35. The molecule has 0 N–H and O–H groups in total. The van der Waals surface area contributed by atoms with Gasteiger partial charge in [-0.05, 0) is 48.0 Å². The van der Waals surface area contributed by atoms with E-state index in [1.165, 1.54) is 29.2 Å². The molecule has 1 atom stereocenters. The lowest BCUT2D eigenvalue weighted by Gasteiger charge is -2.27. The quantitative estimate of drug-likeness (QED) is 0.399. The maximum Gasteiger partial charge on any atom is 0.262 e. The Labute approximate surface area is 221 Å². The minimum Gasteiger partial charge on any atom is -0.497 e. The Balaban J connectivity index is 1.64. The summed E-state index contributed by atoms with van der Waals surface area (Å²) in [5, 5.41) is 6.05. The molecule has 0 radical (unpaired) electrons. The topological polar surface area (TPSA) is 80.7 Å². The third kappa shape index (κ3) is 6.00. The molecule has 3 aromatic carbocycles. The lowest BCUT2D eigenvalue weighted by molar-refractivity contribution is -0.133. The minimum absolute atomic E-state index is 0.208. The van der Waals surface area contributed by atoms with Gasteiger partial charge in [0.1, 0.15) is 23.9 Å². The van der Waals surface area contributed by atoms with Gasteiger partial charge in [0.05, 0.1) is 32.6 Å². The summed E-state index contributed by atoms with van der Waals surface area (Å²) in [5.74, 6) is 0.217. The average Bonchev–Trinajstić information content (AvgIpc) is 3.40. The first-order chi connectivity index (χ1) is 18.4. The van der Waals surface area contributed by atoms with E-state index < -0.39 is 6.04 Å². The van der Waals surface area contributed by atoms with Crippen LogP contribution in [0.15, 0.2) is 77.9 Å². The number of benzene rings is 3. The Morgan fingerprint density at radius 1 is 0.974 bits per heavy atom. The lowest BCUT2D eigenvalue weighted by atomic mass is 9.97. The van der Waals surface area contributed by atoms with Crippen LogP contribution in [-0.4, -0.2) is 68.5 Å². The Morgan fingerprint density at radius 3 is 2.34 bits per heavy atom. The fraction of sp³-hybridized carbons (Fsp3) is 0.276. The molecule has 0 aromatic heterocycles. The van der Waals surface area contributed by atoms with E-state index in [9.17, 15) is 14.0 Å². The van der Waals surface area contributed by atoms with Crippen molar-refractivity contribution < 1.29 is 28.2 Å². The molecule has 9 heteroatoms. The fourth-order valence-electron chi connectivity index (χ4n) is 4.35. The summed E-state index contributed by atoms with van der Waals surface area (Å²) in [5.41, 5.74) is 2.56. The molecule has 0 unspecified atom stereocenters. The van der Waals surface area contributed by atoms with E-state index in [4.69, 9.17) is 14.2 Å². The first-order valence-electron chi connectivity index (χ1n) is 12.2. The Bertz CT molecular complexity index is 1290. The molecule has 38 heavy (non-hydrogen) atoms. The normalized spacial score (nSPS) is 14.7. The van der Waals surface area contributed by atoms with Crippen molar-refractivity contribution in [2.45, 2.75) is 12.5 Å². The van der Waals surface area contributed by atoms with Gasteiger partial charge in [-0.2, -0.15) is 5.10 Å². The summed E-state index contributed by atoms with van der Waals surface area (Å²) in [4.78, 5) is 28.5. The number of hydrazone groups is 1. The standard InChI is InChI=1S/C29H30FN3O5/c1-36-17-16-32(29(35)21-10-14-23(37-2)15-11-21)19-28(34)33-26(24-6-4-5-7-27(24)38-3)18-25(31-33)20-8-12-22(30)13-9-20/h4-15,26H,16-19H2,1-3H3/t26-/m0/s1.